The average Bonchev–Trinajstić information content (AvgIpc) is 3.99. The van der Waals surface area contributed by atoms with Crippen molar-refractivity contribution in [2.24, 2.45) is 0 Å². The maximum Gasteiger partial charge on any atom is 2.00 e. The summed E-state index contributed by atoms with van der Waals surface area (Å²) in [6, 6.07) is 48.3. The van der Waals surface area contributed by atoms with Crippen LogP contribution in [-0.4, -0.2) is 15.0 Å². The normalized spacial score (nSPS) is 12.1. The molecule has 0 saturated carbocycles. The molecule has 0 fully saturated rings. The topological polar surface area (TPSA) is 66.9 Å². The van der Waals surface area contributed by atoms with Gasteiger partial charge in [-0.25, -0.2) is 15.0 Å². The van der Waals surface area contributed by atoms with Crippen molar-refractivity contribution in [3.05, 3.63) is 151 Å². The molecule has 1 aliphatic heterocycles. The van der Waals surface area contributed by atoms with Gasteiger partial charge in [-0.1, -0.05) is 127 Å². The van der Waals surface area contributed by atoms with Gasteiger partial charge in [-0.3, -0.25) is 0 Å². The molecule has 0 atom stereocenters. The summed E-state index contributed by atoms with van der Waals surface area (Å²) >= 11 is 0. The SMILES string of the molecule is C1=Cc2nc1c(-c1ccccc1)c1ccc([n-]1)c1c3ccccc3cc3c4nc5ccccc5c(c5ccc([n-]5)c2-c2ccccc2)c4nc31.[Cu+2]. The van der Waals surface area contributed by atoms with Gasteiger partial charge < -0.3 is 9.97 Å². The van der Waals surface area contributed by atoms with Gasteiger partial charge in [0, 0.05) is 10.8 Å². The van der Waals surface area contributed by atoms with Crippen molar-refractivity contribution in [2.75, 3.05) is 0 Å². The number of pyridine rings is 1. The Bertz CT molecular complexity index is 2930. The van der Waals surface area contributed by atoms with Gasteiger partial charge in [0.05, 0.1) is 33.5 Å². The largest absolute Gasteiger partial charge is 2.00 e. The van der Waals surface area contributed by atoms with Gasteiger partial charge in [-0.2, -0.15) is 0 Å². The third kappa shape index (κ3) is 4.44. The molecule has 6 heterocycles. The van der Waals surface area contributed by atoms with Gasteiger partial charge in [0.1, 0.15) is 0 Å². The van der Waals surface area contributed by atoms with E-state index in [4.69, 9.17) is 24.9 Å². The zero-order chi connectivity index (χ0) is 32.8. The van der Waals surface area contributed by atoms with Crippen molar-refractivity contribution in [3.8, 4) is 22.3 Å². The van der Waals surface area contributed by atoms with Gasteiger partial charge in [-0.15, -0.1) is 22.1 Å². The Hall–Kier alpha value is -6.33. The minimum absolute atomic E-state index is 0. The molecule has 0 spiro atoms. The van der Waals surface area contributed by atoms with E-state index in [1.165, 1.54) is 0 Å². The summed E-state index contributed by atoms with van der Waals surface area (Å²) in [5.74, 6) is 0. The van der Waals surface area contributed by atoms with Crippen LogP contribution in [0.3, 0.4) is 0 Å². The van der Waals surface area contributed by atoms with Crippen LogP contribution in [-0.2, 0) is 17.1 Å². The fourth-order valence-corrected chi connectivity index (χ4v) is 7.75. The average molecular weight is 699 g/mol. The quantitative estimate of drug-likeness (QED) is 0.168. The predicted octanol–water partition coefficient (Wildman–Crippen LogP) is 10.8. The minimum Gasteiger partial charge on any atom is -0.657 e. The molecule has 0 saturated heterocycles. The summed E-state index contributed by atoms with van der Waals surface area (Å²) in [7, 11) is 0. The maximum atomic E-state index is 5.47. The van der Waals surface area contributed by atoms with E-state index in [0.717, 1.165) is 110 Å². The minimum atomic E-state index is 0. The smallest absolute Gasteiger partial charge is 0.657 e. The van der Waals surface area contributed by atoms with Crippen molar-refractivity contribution >= 4 is 88.6 Å². The summed E-state index contributed by atoms with van der Waals surface area (Å²) in [6.07, 6.45) is 4.22. The molecule has 6 heteroatoms. The maximum absolute atomic E-state index is 5.47. The molecule has 0 aliphatic carbocycles. The predicted molar refractivity (Wildman–Crippen MR) is 206 cm³/mol. The van der Waals surface area contributed by atoms with Gasteiger partial charge in [0.25, 0.3) is 0 Å². The van der Waals surface area contributed by atoms with Crippen molar-refractivity contribution < 1.29 is 17.1 Å². The molecule has 0 unspecified atom stereocenters. The molecular formula is C45H25CuN5. The Morgan fingerprint density at radius 1 is 0.392 bits per heavy atom. The summed E-state index contributed by atoms with van der Waals surface area (Å²) < 4.78 is 0. The van der Waals surface area contributed by atoms with Crippen LogP contribution >= 0.6 is 0 Å². The van der Waals surface area contributed by atoms with Crippen LogP contribution in [0.15, 0.2) is 140 Å². The molecule has 5 aromatic carbocycles. The number of para-hydroxylation sites is 1. The second kappa shape index (κ2) is 11.4. The van der Waals surface area contributed by atoms with E-state index in [9.17, 15) is 0 Å². The number of fused-ring (bicyclic) bond motifs is 13. The molecule has 51 heavy (non-hydrogen) atoms. The molecule has 11 rings (SSSR count). The molecular weight excluding hydrogens is 674 g/mol. The number of rotatable bonds is 2. The van der Waals surface area contributed by atoms with E-state index in [-0.39, 0.29) is 17.1 Å². The first-order valence-electron chi connectivity index (χ1n) is 16.8. The Kier molecular flexibility index (Phi) is 6.59. The number of benzene rings is 5. The van der Waals surface area contributed by atoms with Crippen LogP contribution in [0.2, 0.25) is 0 Å². The second-order valence-electron chi connectivity index (χ2n) is 12.8. The third-order valence-corrected chi connectivity index (χ3v) is 9.95. The van der Waals surface area contributed by atoms with E-state index in [1.807, 2.05) is 18.2 Å². The van der Waals surface area contributed by atoms with E-state index in [0.29, 0.717) is 0 Å². The first kappa shape index (κ1) is 29.6. The first-order valence-corrected chi connectivity index (χ1v) is 16.8. The van der Waals surface area contributed by atoms with E-state index >= 15 is 0 Å². The Balaban J connectivity index is 0.00000327. The Morgan fingerprint density at radius 2 is 0.922 bits per heavy atom. The van der Waals surface area contributed by atoms with Gasteiger partial charge in [0.15, 0.2) is 0 Å². The monoisotopic (exact) mass is 698 g/mol. The fraction of sp³-hybridized carbons (Fsp3) is 0. The molecule has 10 aromatic rings. The molecule has 1 radical (unpaired) electrons. The zero-order valence-electron chi connectivity index (χ0n) is 27.0. The van der Waals surface area contributed by atoms with Crippen LogP contribution in [0.25, 0.3) is 111 Å². The molecule has 0 N–H and O–H groups in total. The molecule has 241 valence electrons. The van der Waals surface area contributed by atoms with Crippen LogP contribution in [0, 0.1) is 0 Å². The van der Waals surface area contributed by atoms with Gasteiger partial charge >= 0.3 is 17.1 Å². The van der Waals surface area contributed by atoms with E-state index in [1.54, 1.807) is 0 Å². The Morgan fingerprint density at radius 3 is 1.57 bits per heavy atom. The van der Waals surface area contributed by atoms with E-state index < -0.39 is 0 Å². The number of nitrogens with zero attached hydrogens (tertiary/aromatic N) is 5. The van der Waals surface area contributed by atoms with Crippen molar-refractivity contribution in [1.29, 1.82) is 0 Å². The molecule has 5 aromatic heterocycles. The summed E-state index contributed by atoms with van der Waals surface area (Å²) in [4.78, 5) is 26.8. The third-order valence-electron chi connectivity index (χ3n) is 9.95. The summed E-state index contributed by atoms with van der Waals surface area (Å²) in [5, 5.41) is 6.23. The van der Waals surface area contributed by atoms with Crippen molar-refractivity contribution in [1.82, 2.24) is 24.9 Å². The number of hydrogen-bond donors (Lipinski definition) is 0. The van der Waals surface area contributed by atoms with Crippen LogP contribution < -0.4 is 9.97 Å². The molecule has 8 bridgehead atoms. The molecule has 5 nitrogen and oxygen atoms in total. The zero-order valence-corrected chi connectivity index (χ0v) is 27.9. The van der Waals surface area contributed by atoms with Crippen LogP contribution in [0.5, 0.6) is 0 Å². The Labute approximate surface area is 302 Å². The van der Waals surface area contributed by atoms with Crippen LogP contribution in [0.1, 0.15) is 11.4 Å². The van der Waals surface area contributed by atoms with Crippen LogP contribution in [0.4, 0.5) is 0 Å². The first-order chi connectivity index (χ1) is 24.8. The molecule has 1 aliphatic rings. The van der Waals surface area contributed by atoms with E-state index in [2.05, 4.69) is 133 Å². The molecule has 0 amide bonds. The number of aromatic nitrogens is 5. The van der Waals surface area contributed by atoms with Crippen molar-refractivity contribution in [3.63, 3.8) is 0 Å². The number of hydrogen-bond acceptors (Lipinski definition) is 3. The van der Waals surface area contributed by atoms with Gasteiger partial charge in [0.2, 0.25) is 0 Å². The van der Waals surface area contributed by atoms with Gasteiger partial charge in [-0.05, 0) is 68.1 Å². The summed E-state index contributed by atoms with van der Waals surface area (Å²) in [6.45, 7) is 0. The second-order valence-corrected chi connectivity index (χ2v) is 12.8. The van der Waals surface area contributed by atoms with Crippen molar-refractivity contribution in [2.45, 2.75) is 0 Å². The fourth-order valence-electron chi connectivity index (χ4n) is 7.75. The summed E-state index contributed by atoms with van der Waals surface area (Å²) in [5.41, 5.74) is 12.7. The standard InChI is InChI=1S/C45H25N5.Cu/c1-3-11-26(12-4-1)39-33-19-20-34(46-33)40(27-13-5-2-6-14-27)36-22-24-38(48-36)42-30-17-9-10-18-32(30)49-44-31-25-28-15-7-8-16-29(28)41(43(31)50-45(42)44)37-23-21-35(39)47-37;/h1-25H;/q-2;+2.